The second-order valence-corrected chi connectivity index (χ2v) is 18.7. The zero-order valence-electron chi connectivity index (χ0n) is 36.1. The molecule has 11 atom stereocenters. The molecule has 3 aliphatic carbocycles. The first-order valence-electron chi connectivity index (χ1n) is 20.5. The van der Waals surface area contributed by atoms with E-state index in [0.717, 1.165) is 12.5 Å². The average Bonchev–Trinajstić information content (AvgIpc) is 3.98. The Hall–Kier alpha value is -5.12. The third kappa shape index (κ3) is 7.21. The number of benzene rings is 2. The highest BCUT2D eigenvalue weighted by atomic mass is 16.7. The molecule has 1 N–H and O–H groups in total. The molecule has 61 heavy (non-hydrogen) atoms. The summed E-state index contributed by atoms with van der Waals surface area (Å²) in [5, 5.41) is 13.8. The van der Waals surface area contributed by atoms with Gasteiger partial charge in [-0.05, 0) is 70.4 Å². The van der Waals surface area contributed by atoms with Gasteiger partial charge in [0.15, 0.2) is 23.6 Å². The summed E-state index contributed by atoms with van der Waals surface area (Å²) in [5.41, 5.74) is -9.22. The number of epoxide rings is 1. The van der Waals surface area contributed by atoms with Crippen molar-refractivity contribution in [3.05, 3.63) is 82.9 Å². The first-order chi connectivity index (χ1) is 28.4. The molecule has 2 aliphatic heterocycles. The lowest BCUT2D eigenvalue weighted by Gasteiger charge is -2.70. The van der Waals surface area contributed by atoms with Gasteiger partial charge in [0.25, 0.3) is 0 Å². The number of rotatable bonds is 8. The van der Waals surface area contributed by atoms with Crippen LogP contribution in [0.5, 0.6) is 0 Å². The maximum absolute atomic E-state index is 16.0. The van der Waals surface area contributed by atoms with Gasteiger partial charge in [-0.2, -0.15) is 0 Å². The number of esters is 4. The molecule has 15 nitrogen and oxygen atoms in total. The summed E-state index contributed by atoms with van der Waals surface area (Å²) < 4.78 is 48.6. The van der Waals surface area contributed by atoms with Crippen LogP contribution in [0.3, 0.4) is 0 Å². The second-order valence-electron chi connectivity index (χ2n) is 18.7. The summed E-state index contributed by atoms with van der Waals surface area (Å²) >= 11 is 0. The molecule has 2 heterocycles. The number of carbonyl (C=O) groups is 6. The van der Waals surface area contributed by atoms with E-state index in [9.17, 15) is 29.1 Å². The van der Waals surface area contributed by atoms with Crippen LogP contribution in [-0.4, -0.2) is 100 Å². The third-order valence-electron chi connectivity index (χ3n) is 13.4. The van der Waals surface area contributed by atoms with Crippen LogP contribution in [-0.2, 0) is 57.1 Å². The van der Waals surface area contributed by atoms with Gasteiger partial charge in [0.2, 0.25) is 0 Å². The van der Waals surface area contributed by atoms with Crippen molar-refractivity contribution in [3.8, 4) is 0 Å². The fourth-order valence-electron chi connectivity index (χ4n) is 10.3. The van der Waals surface area contributed by atoms with Gasteiger partial charge in [0, 0.05) is 32.1 Å². The molecular formula is C46H54O15. The summed E-state index contributed by atoms with van der Waals surface area (Å²) in [5.74, 6) is -5.72. The summed E-state index contributed by atoms with van der Waals surface area (Å²) in [7, 11) is 0. The standard InChI is InChI=1S/C46H54O15/c1-24-29(56-39(51)34-32(58-34)27-17-13-11-14-18-27)21-45(53)37(59-38(50)28-19-15-12-16-20-28)35-44(10,36(49)33(55-25(2)47)31(24)42(45,7)8)30(57-40(52)61-41(4,5)6)22-43(9)46(35,23-54-43)60-26(3)48/h11-20,29-30,32-35,37,53H,21-23H2,1-10H3/t29?,30-,32+,33+,34+,35?,37-,43+,44+,45+,46+/m0/s1. The SMILES string of the molecule is CC(=O)O[C@H]1C(=O)[C@@]2(C)C([C@H](OC(=O)c3ccccc3)[C@]3(O)CC(OC(=O)[C@@H]4O[C@@H]4c4ccccc4)C(C)=C1C3(C)C)[C@]1(OC(C)=O)CO[C@]1(C)C[C@@H]2OC(=O)OC(C)(C)C. The average molecular weight is 847 g/mol. The van der Waals surface area contributed by atoms with Crippen LogP contribution in [0.2, 0.25) is 0 Å². The van der Waals surface area contributed by atoms with Gasteiger partial charge in [-0.15, -0.1) is 0 Å². The summed E-state index contributed by atoms with van der Waals surface area (Å²) in [6, 6.07) is 17.0. The molecule has 0 aromatic heterocycles. The van der Waals surface area contributed by atoms with Crippen LogP contribution in [0.4, 0.5) is 4.79 Å². The number of ketones is 1. The number of hydrogen-bond donors (Lipinski definition) is 1. The van der Waals surface area contributed by atoms with Crippen molar-refractivity contribution in [1.82, 2.24) is 0 Å². The van der Waals surface area contributed by atoms with Gasteiger partial charge in [0.1, 0.15) is 41.2 Å². The Morgan fingerprint density at radius 1 is 0.820 bits per heavy atom. The lowest BCUT2D eigenvalue weighted by molar-refractivity contribution is -0.383. The number of hydrogen-bond acceptors (Lipinski definition) is 15. The van der Waals surface area contributed by atoms with Crippen molar-refractivity contribution in [2.24, 2.45) is 16.7 Å². The van der Waals surface area contributed by atoms with Gasteiger partial charge in [-0.1, -0.05) is 62.4 Å². The van der Waals surface area contributed by atoms with E-state index in [1.54, 1.807) is 66.7 Å². The molecule has 328 valence electrons. The fraction of sp³-hybridized carbons (Fsp3) is 0.565. The number of aliphatic hydroxyl groups is 1. The van der Waals surface area contributed by atoms with Crippen LogP contribution < -0.4 is 0 Å². The van der Waals surface area contributed by atoms with E-state index in [-0.39, 0.29) is 24.2 Å². The van der Waals surface area contributed by atoms with E-state index in [1.807, 2.05) is 30.3 Å². The van der Waals surface area contributed by atoms with Crippen molar-refractivity contribution in [3.63, 3.8) is 0 Å². The van der Waals surface area contributed by atoms with Gasteiger partial charge in [0.05, 0.1) is 23.5 Å². The minimum Gasteiger partial charge on any atom is -0.456 e. The first kappa shape index (κ1) is 44.0. The Kier molecular flexibility index (Phi) is 10.8. The van der Waals surface area contributed by atoms with Crippen molar-refractivity contribution >= 4 is 35.8 Å². The molecule has 0 radical (unpaired) electrons. The molecular weight excluding hydrogens is 792 g/mol. The topological polar surface area (TPSA) is 200 Å². The molecule has 2 saturated heterocycles. The highest BCUT2D eigenvalue weighted by Gasteiger charge is 2.82. The molecule has 2 unspecified atom stereocenters. The molecule has 2 bridgehead atoms. The molecule has 2 saturated carbocycles. The predicted octanol–water partition coefficient (Wildman–Crippen LogP) is 5.69. The Morgan fingerprint density at radius 3 is 2.00 bits per heavy atom. The zero-order valence-corrected chi connectivity index (χ0v) is 36.1. The normalized spacial score (nSPS) is 36.0. The second kappa shape index (κ2) is 15.1. The quantitative estimate of drug-likeness (QED) is 0.147. The lowest BCUT2D eigenvalue weighted by atomic mass is 9.42. The third-order valence-corrected chi connectivity index (χ3v) is 13.4. The Bertz CT molecular complexity index is 2160. The number of ether oxygens (including phenoxy) is 8. The molecule has 7 rings (SSSR count). The van der Waals surface area contributed by atoms with E-state index in [1.165, 1.54) is 26.0 Å². The Morgan fingerprint density at radius 2 is 1.44 bits per heavy atom. The molecule has 2 aromatic rings. The van der Waals surface area contributed by atoms with Crippen molar-refractivity contribution in [2.75, 3.05) is 6.61 Å². The van der Waals surface area contributed by atoms with Crippen LogP contribution in [0.25, 0.3) is 0 Å². The Labute approximate surface area is 354 Å². The van der Waals surface area contributed by atoms with Crippen molar-refractivity contribution in [1.29, 1.82) is 0 Å². The number of carbonyl (C=O) groups excluding carboxylic acids is 6. The molecule has 0 amide bonds. The summed E-state index contributed by atoms with van der Waals surface area (Å²) in [6.45, 7) is 14.8. The van der Waals surface area contributed by atoms with Crippen LogP contribution in [0, 0.1) is 16.7 Å². The molecule has 0 spiro atoms. The Balaban J connectivity index is 1.47. The van der Waals surface area contributed by atoms with E-state index >= 15 is 4.79 Å². The minimum atomic E-state index is -2.33. The lowest BCUT2D eigenvalue weighted by Crippen LogP contribution is -2.85. The van der Waals surface area contributed by atoms with E-state index < -0.39 is 118 Å². The molecule has 15 heteroatoms. The largest absolute Gasteiger partial charge is 0.509 e. The first-order valence-corrected chi connectivity index (χ1v) is 20.5. The van der Waals surface area contributed by atoms with Crippen LogP contribution in [0.1, 0.15) is 104 Å². The van der Waals surface area contributed by atoms with E-state index in [2.05, 4.69) is 0 Å². The van der Waals surface area contributed by atoms with Crippen molar-refractivity contribution in [2.45, 2.75) is 141 Å². The van der Waals surface area contributed by atoms with Crippen molar-refractivity contribution < 1.29 is 71.8 Å². The molecule has 2 aromatic carbocycles. The highest BCUT2D eigenvalue weighted by molar-refractivity contribution is 5.96. The maximum Gasteiger partial charge on any atom is 0.509 e. The van der Waals surface area contributed by atoms with Gasteiger partial charge in [-0.3, -0.25) is 14.4 Å². The van der Waals surface area contributed by atoms with Crippen LogP contribution >= 0.6 is 0 Å². The smallest absolute Gasteiger partial charge is 0.456 e. The monoisotopic (exact) mass is 846 g/mol. The molecule has 5 aliphatic rings. The fourth-order valence-corrected chi connectivity index (χ4v) is 10.3. The summed E-state index contributed by atoms with van der Waals surface area (Å²) in [6.07, 6.45) is -9.76. The predicted molar refractivity (Wildman–Crippen MR) is 212 cm³/mol. The number of fused-ring (bicyclic) bond motifs is 5. The van der Waals surface area contributed by atoms with Gasteiger partial charge in [-0.25, -0.2) is 14.4 Å². The molecule has 4 fully saturated rings. The van der Waals surface area contributed by atoms with E-state index in [0.29, 0.717) is 5.57 Å². The van der Waals surface area contributed by atoms with E-state index in [4.69, 9.17) is 37.9 Å². The van der Waals surface area contributed by atoms with Crippen LogP contribution in [0.15, 0.2) is 71.8 Å². The van der Waals surface area contributed by atoms with Gasteiger partial charge < -0.3 is 43.0 Å². The summed E-state index contributed by atoms with van der Waals surface area (Å²) in [4.78, 5) is 84.5. The maximum atomic E-state index is 16.0. The van der Waals surface area contributed by atoms with Gasteiger partial charge >= 0.3 is 30.0 Å². The number of Topliss-reactive ketones (excluding diaryl/α,β-unsaturated/α-hetero) is 1. The highest BCUT2D eigenvalue weighted by Crippen LogP contribution is 2.67. The minimum absolute atomic E-state index is 0.0757. The zero-order chi connectivity index (χ0) is 44.7.